The summed E-state index contributed by atoms with van der Waals surface area (Å²) in [6.07, 6.45) is -2.62. The SMILES string of the molecule is Cc1ccc(S(=O)(=O)O[C@@H]2[C@H](CO[Si](c3ccccc3)(c3ccccc3)C(C)(C)C)OC3OC(C)(C)O[C@@]32C)cc1. The van der Waals surface area contributed by atoms with Gasteiger partial charge in [-0.05, 0) is 55.2 Å². The largest absolute Gasteiger partial charge is 0.405 e. The van der Waals surface area contributed by atoms with E-state index in [9.17, 15) is 8.42 Å². The Kier molecular flexibility index (Phi) is 7.87. The maximum absolute atomic E-state index is 13.5. The van der Waals surface area contributed by atoms with Crippen molar-refractivity contribution < 1.29 is 31.2 Å². The molecule has 1 unspecified atom stereocenters. The summed E-state index contributed by atoms with van der Waals surface area (Å²) < 4.78 is 58.9. The molecule has 0 spiro atoms. The van der Waals surface area contributed by atoms with Crippen LogP contribution in [0, 0.1) is 6.92 Å². The van der Waals surface area contributed by atoms with Crippen molar-refractivity contribution in [1.29, 1.82) is 0 Å². The van der Waals surface area contributed by atoms with Crippen LogP contribution in [-0.2, 0) is 32.9 Å². The lowest BCUT2D eigenvalue weighted by Crippen LogP contribution is -2.67. The van der Waals surface area contributed by atoms with E-state index < -0.39 is 48.3 Å². The molecule has 5 rings (SSSR count). The van der Waals surface area contributed by atoms with Crippen molar-refractivity contribution in [2.45, 2.75) is 88.3 Å². The van der Waals surface area contributed by atoms with E-state index in [4.69, 9.17) is 22.8 Å². The Morgan fingerprint density at radius 2 is 1.39 bits per heavy atom. The third kappa shape index (κ3) is 5.57. The van der Waals surface area contributed by atoms with Gasteiger partial charge in [-0.2, -0.15) is 8.42 Å². The van der Waals surface area contributed by atoms with Gasteiger partial charge in [-0.15, -0.1) is 0 Å². The van der Waals surface area contributed by atoms with Gasteiger partial charge in [0, 0.05) is 0 Å². The lowest BCUT2D eigenvalue weighted by atomic mass is 9.98. The van der Waals surface area contributed by atoms with Crippen LogP contribution in [0.15, 0.2) is 89.8 Å². The Morgan fingerprint density at radius 1 is 0.854 bits per heavy atom. The number of rotatable bonds is 8. The highest BCUT2D eigenvalue weighted by Crippen LogP contribution is 2.48. The van der Waals surface area contributed by atoms with Gasteiger partial charge >= 0.3 is 0 Å². The fourth-order valence-electron chi connectivity index (χ4n) is 6.08. The lowest BCUT2D eigenvalue weighted by Gasteiger charge is -2.43. The molecule has 0 bridgehead atoms. The predicted molar refractivity (Wildman–Crippen MR) is 160 cm³/mol. The molecular formula is C32H40O7SSi. The molecular weight excluding hydrogens is 556 g/mol. The minimum absolute atomic E-state index is 0.0694. The van der Waals surface area contributed by atoms with Crippen molar-refractivity contribution in [3.8, 4) is 0 Å². The van der Waals surface area contributed by atoms with Gasteiger partial charge < -0.3 is 18.6 Å². The normalized spacial score (nSPS) is 26.2. The van der Waals surface area contributed by atoms with Crippen LogP contribution in [-0.4, -0.2) is 53.2 Å². The summed E-state index contributed by atoms with van der Waals surface area (Å²) in [4.78, 5) is 0.0694. The molecule has 7 nitrogen and oxygen atoms in total. The lowest BCUT2D eigenvalue weighted by molar-refractivity contribution is -0.219. The zero-order chi connectivity index (χ0) is 29.7. The summed E-state index contributed by atoms with van der Waals surface area (Å²) in [6, 6.07) is 27.1. The number of ether oxygens (including phenoxy) is 3. The molecule has 4 atom stereocenters. The molecule has 2 aliphatic heterocycles. The van der Waals surface area contributed by atoms with E-state index in [0.29, 0.717) is 0 Å². The smallest absolute Gasteiger partial charge is 0.297 e. The molecule has 0 amide bonds. The molecule has 220 valence electrons. The Labute approximate surface area is 245 Å². The zero-order valence-electron chi connectivity index (χ0n) is 24.8. The summed E-state index contributed by atoms with van der Waals surface area (Å²) in [6.45, 7) is 13.9. The maximum Gasteiger partial charge on any atom is 0.297 e. The van der Waals surface area contributed by atoms with Crippen molar-refractivity contribution in [3.05, 3.63) is 90.5 Å². The average molecular weight is 597 g/mol. The summed E-state index contributed by atoms with van der Waals surface area (Å²) in [5.74, 6) is -0.974. The van der Waals surface area contributed by atoms with Gasteiger partial charge in [0.15, 0.2) is 12.1 Å². The molecule has 0 saturated carbocycles. The standard InChI is InChI=1S/C32H40O7SSi/c1-23-18-20-24(21-19-23)40(33,34)38-28-27(36-29-32(28,7)39-31(5,6)37-29)22-35-41(30(2,3)4,25-14-10-8-11-15-25)26-16-12-9-13-17-26/h8-21,27-29H,22H2,1-7H3/t27-,28+,29?,32+/m0/s1. The Morgan fingerprint density at radius 3 is 1.90 bits per heavy atom. The van der Waals surface area contributed by atoms with E-state index >= 15 is 0 Å². The number of hydrogen-bond donors (Lipinski definition) is 0. The molecule has 2 fully saturated rings. The molecule has 3 aromatic carbocycles. The molecule has 9 heteroatoms. The van der Waals surface area contributed by atoms with E-state index in [1.165, 1.54) is 0 Å². The van der Waals surface area contributed by atoms with E-state index in [2.05, 4.69) is 45.0 Å². The quantitative estimate of drug-likeness (QED) is 0.270. The van der Waals surface area contributed by atoms with Gasteiger partial charge in [0.2, 0.25) is 0 Å². The van der Waals surface area contributed by atoms with Crippen LogP contribution in [0.2, 0.25) is 5.04 Å². The van der Waals surface area contributed by atoms with Crippen LogP contribution in [0.5, 0.6) is 0 Å². The molecule has 0 radical (unpaired) electrons. The first-order valence-electron chi connectivity index (χ1n) is 14.0. The Bertz CT molecular complexity index is 1410. The topological polar surface area (TPSA) is 80.3 Å². The first-order valence-corrected chi connectivity index (χ1v) is 17.3. The van der Waals surface area contributed by atoms with Gasteiger partial charge in [0.25, 0.3) is 18.4 Å². The van der Waals surface area contributed by atoms with Crippen LogP contribution in [0.4, 0.5) is 0 Å². The van der Waals surface area contributed by atoms with Crippen molar-refractivity contribution in [2.24, 2.45) is 0 Å². The van der Waals surface area contributed by atoms with E-state index in [-0.39, 0.29) is 16.5 Å². The van der Waals surface area contributed by atoms with Crippen LogP contribution < -0.4 is 10.4 Å². The highest BCUT2D eigenvalue weighted by Gasteiger charge is 2.65. The minimum Gasteiger partial charge on any atom is -0.405 e. The number of aryl methyl sites for hydroxylation is 1. The molecule has 2 heterocycles. The fourth-order valence-corrected chi connectivity index (χ4v) is 11.8. The second-order valence-corrected chi connectivity index (χ2v) is 18.4. The van der Waals surface area contributed by atoms with Crippen molar-refractivity contribution in [2.75, 3.05) is 6.61 Å². The molecule has 41 heavy (non-hydrogen) atoms. The van der Waals surface area contributed by atoms with Crippen LogP contribution in [0.1, 0.15) is 47.1 Å². The third-order valence-electron chi connectivity index (χ3n) is 7.95. The molecule has 0 aromatic heterocycles. The first kappa shape index (κ1) is 30.1. The van der Waals surface area contributed by atoms with Gasteiger partial charge in [-0.25, -0.2) is 0 Å². The maximum atomic E-state index is 13.5. The monoisotopic (exact) mass is 596 g/mol. The summed E-state index contributed by atoms with van der Waals surface area (Å²) in [5, 5.41) is 1.95. The Hall–Kier alpha value is -2.37. The second kappa shape index (κ2) is 10.7. The van der Waals surface area contributed by atoms with Crippen molar-refractivity contribution >= 4 is 28.8 Å². The van der Waals surface area contributed by atoms with Crippen LogP contribution in [0.3, 0.4) is 0 Å². The van der Waals surface area contributed by atoms with Gasteiger partial charge in [0.05, 0.1) is 11.5 Å². The Balaban J connectivity index is 1.53. The number of fused-ring (bicyclic) bond motifs is 1. The van der Waals surface area contributed by atoms with Gasteiger partial charge in [-0.1, -0.05) is 99.1 Å². The fraction of sp³-hybridized carbons (Fsp3) is 0.438. The average Bonchev–Trinajstić information content (AvgIpc) is 3.28. The van der Waals surface area contributed by atoms with E-state index in [1.807, 2.05) is 43.3 Å². The van der Waals surface area contributed by atoms with Crippen molar-refractivity contribution in [1.82, 2.24) is 0 Å². The number of hydrogen-bond acceptors (Lipinski definition) is 7. The zero-order valence-corrected chi connectivity index (χ0v) is 26.6. The molecule has 0 aliphatic carbocycles. The first-order chi connectivity index (χ1) is 19.2. The van der Waals surface area contributed by atoms with E-state index in [0.717, 1.165) is 15.9 Å². The summed E-state index contributed by atoms with van der Waals surface area (Å²) in [7, 11) is -7.08. The van der Waals surface area contributed by atoms with Crippen LogP contribution in [0.25, 0.3) is 0 Å². The summed E-state index contributed by atoms with van der Waals surface area (Å²) in [5.41, 5.74) is -0.230. The highest BCUT2D eigenvalue weighted by atomic mass is 32.2. The molecule has 0 N–H and O–H groups in total. The minimum atomic E-state index is -4.15. The number of benzene rings is 3. The molecule has 3 aromatic rings. The predicted octanol–water partition coefficient (Wildman–Crippen LogP) is 4.91. The molecule has 2 aliphatic rings. The third-order valence-corrected chi connectivity index (χ3v) is 14.3. The second-order valence-electron chi connectivity index (χ2n) is 12.6. The van der Waals surface area contributed by atoms with E-state index in [1.54, 1.807) is 45.0 Å². The van der Waals surface area contributed by atoms with Crippen molar-refractivity contribution in [3.63, 3.8) is 0 Å². The summed E-state index contributed by atoms with van der Waals surface area (Å²) >= 11 is 0. The molecule has 2 saturated heterocycles. The highest BCUT2D eigenvalue weighted by molar-refractivity contribution is 7.86. The van der Waals surface area contributed by atoms with Crippen LogP contribution >= 0.6 is 0 Å². The van der Waals surface area contributed by atoms with Gasteiger partial charge in [-0.3, -0.25) is 4.18 Å². The van der Waals surface area contributed by atoms with Gasteiger partial charge in [0.1, 0.15) is 17.8 Å².